The summed E-state index contributed by atoms with van der Waals surface area (Å²) in [6, 6.07) is 24.1. The van der Waals surface area contributed by atoms with Gasteiger partial charge in [0.2, 0.25) is 0 Å². The Morgan fingerprint density at radius 2 is 1.69 bits per heavy atom. The number of fused-ring (bicyclic) bond motifs is 1. The number of rotatable bonds is 4. The van der Waals surface area contributed by atoms with Crippen molar-refractivity contribution >= 4 is 45.2 Å². The largest absolute Gasteiger partial charge is 0.507 e. The fourth-order valence-electron chi connectivity index (χ4n) is 4.20. The van der Waals surface area contributed by atoms with E-state index >= 15 is 0 Å². The quantitative estimate of drug-likeness (QED) is 0.238. The molecule has 1 aliphatic heterocycles. The molecule has 32 heavy (non-hydrogen) atoms. The Bertz CT molecular complexity index is 1350. The zero-order valence-electron chi connectivity index (χ0n) is 17.5. The molecule has 1 fully saturated rings. The van der Waals surface area contributed by atoms with E-state index in [9.17, 15) is 14.7 Å². The average Bonchev–Trinajstić information content (AvgIpc) is 3.45. The summed E-state index contributed by atoms with van der Waals surface area (Å²) in [6.45, 7) is 2.07. The van der Waals surface area contributed by atoms with Crippen LogP contribution < -0.4 is 4.90 Å². The number of ketones is 1. The van der Waals surface area contributed by atoms with E-state index in [4.69, 9.17) is 0 Å². The van der Waals surface area contributed by atoms with Crippen molar-refractivity contribution in [1.29, 1.82) is 0 Å². The van der Waals surface area contributed by atoms with Crippen molar-refractivity contribution in [2.75, 3.05) is 4.90 Å². The Morgan fingerprint density at radius 1 is 0.938 bits per heavy atom. The Morgan fingerprint density at radius 3 is 2.38 bits per heavy atom. The van der Waals surface area contributed by atoms with Crippen molar-refractivity contribution in [3.63, 3.8) is 0 Å². The van der Waals surface area contributed by atoms with E-state index in [-0.39, 0.29) is 11.3 Å². The van der Waals surface area contributed by atoms with Crippen LogP contribution in [0, 0.1) is 0 Å². The lowest BCUT2D eigenvalue weighted by atomic mass is 9.98. The van der Waals surface area contributed by atoms with Crippen molar-refractivity contribution in [2.24, 2.45) is 0 Å². The maximum atomic E-state index is 13.2. The van der Waals surface area contributed by atoms with Crippen LogP contribution in [0.3, 0.4) is 0 Å². The van der Waals surface area contributed by atoms with Crippen LogP contribution in [-0.2, 0) is 16.0 Å². The van der Waals surface area contributed by atoms with Crippen LogP contribution in [-0.4, -0.2) is 16.8 Å². The number of carbonyl (C=O) groups is 2. The summed E-state index contributed by atoms with van der Waals surface area (Å²) in [6.07, 6.45) is 0.884. The maximum absolute atomic E-state index is 13.2. The number of Topliss-reactive ketones (excluding diaryl/α,β-unsaturated/α-hetero) is 1. The van der Waals surface area contributed by atoms with E-state index in [0.29, 0.717) is 11.3 Å². The number of amides is 1. The average molecular weight is 440 g/mol. The SMILES string of the molecule is CCc1ccc(N2C(=O)C(=O)/C(=C(\O)c3ccc4ccccc4c3)C2c2cccs2)cc1. The number of hydrogen-bond donors (Lipinski definition) is 1. The van der Waals surface area contributed by atoms with E-state index in [2.05, 4.69) is 6.92 Å². The second-order valence-electron chi connectivity index (χ2n) is 7.77. The van der Waals surface area contributed by atoms with Crippen LogP contribution in [0.15, 0.2) is 89.8 Å². The smallest absolute Gasteiger partial charge is 0.300 e. The number of carbonyl (C=O) groups excluding carboxylic acids is 2. The lowest BCUT2D eigenvalue weighted by Gasteiger charge is -2.24. The van der Waals surface area contributed by atoms with Gasteiger partial charge in [-0.3, -0.25) is 14.5 Å². The molecule has 0 saturated carbocycles. The first-order chi connectivity index (χ1) is 15.6. The fourth-order valence-corrected chi connectivity index (χ4v) is 5.02. The molecule has 3 aromatic carbocycles. The van der Waals surface area contributed by atoms with Gasteiger partial charge >= 0.3 is 0 Å². The molecule has 1 aliphatic rings. The number of thiophene rings is 1. The highest BCUT2D eigenvalue weighted by Gasteiger charge is 2.47. The Hall–Kier alpha value is -3.70. The third kappa shape index (κ3) is 3.31. The highest BCUT2D eigenvalue weighted by atomic mass is 32.1. The van der Waals surface area contributed by atoms with Gasteiger partial charge in [-0.15, -0.1) is 11.3 Å². The zero-order chi connectivity index (χ0) is 22.2. The lowest BCUT2D eigenvalue weighted by Crippen LogP contribution is -2.29. The lowest BCUT2D eigenvalue weighted by molar-refractivity contribution is -0.132. The molecule has 1 amide bonds. The second kappa shape index (κ2) is 8.09. The molecule has 158 valence electrons. The summed E-state index contributed by atoms with van der Waals surface area (Å²) in [5, 5.41) is 15.2. The maximum Gasteiger partial charge on any atom is 0.300 e. The molecule has 4 nitrogen and oxygen atoms in total. The van der Waals surface area contributed by atoms with Crippen molar-refractivity contribution in [2.45, 2.75) is 19.4 Å². The molecular weight excluding hydrogens is 418 g/mol. The van der Waals surface area contributed by atoms with Gasteiger partial charge in [-0.2, -0.15) is 0 Å². The van der Waals surface area contributed by atoms with Crippen LogP contribution >= 0.6 is 11.3 Å². The number of aliphatic hydroxyl groups excluding tert-OH is 1. The molecule has 0 radical (unpaired) electrons. The minimum Gasteiger partial charge on any atom is -0.507 e. The Kier molecular flexibility index (Phi) is 5.11. The summed E-state index contributed by atoms with van der Waals surface area (Å²) in [5.41, 5.74) is 2.42. The van der Waals surface area contributed by atoms with Gasteiger partial charge < -0.3 is 5.11 Å². The molecule has 0 bridgehead atoms. The van der Waals surface area contributed by atoms with Gasteiger partial charge in [0, 0.05) is 16.1 Å². The summed E-state index contributed by atoms with van der Waals surface area (Å²) in [4.78, 5) is 28.7. The third-order valence-corrected chi connectivity index (χ3v) is 6.83. The summed E-state index contributed by atoms with van der Waals surface area (Å²) < 4.78 is 0. The van der Waals surface area contributed by atoms with E-state index in [1.165, 1.54) is 16.2 Å². The molecule has 0 spiro atoms. The molecule has 0 aliphatic carbocycles. The normalized spacial score (nSPS) is 17.9. The van der Waals surface area contributed by atoms with Crippen molar-refractivity contribution in [3.8, 4) is 0 Å². The molecule has 4 aromatic rings. The fraction of sp³-hybridized carbons (Fsp3) is 0.111. The van der Waals surface area contributed by atoms with E-state index in [0.717, 1.165) is 27.6 Å². The number of nitrogens with zero attached hydrogens (tertiary/aromatic N) is 1. The number of hydrogen-bond acceptors (Lipinski definition) is 4. The molecule has 5 rings (SSSR count). The predicted molar refractivity (Wildman–Crippen MR) is 129 cm³/mol. The Labute approximate surface area is 190 Å². The number of aryl methyl sites for hydroxylation is 1. The van der Waals surface area contributed by atoms with Crippen LogP contribution in [0.25, 0.3) is 16.5 Å². The van der Waals surface area contributed by atoms with E-state index < -0.39 is 17.7 Å². The summed E-state index contributed by atoms with van der Waals surface area (Å²) in [5.74, 6) is -1.45. The first kappa shape index (κ1) is 20.2. The van der Waals surface area contributed by atoms with Gasteiger partial charge in [0.05, 0.1) is 5.57 Å². The minimum atomic E-state index is -0.673. The van der Waals surface area contributed by atoms with Gasteiger partial charge in [0.1, 0.15) is 11.8 Å². The molecule has 2 heterocycles. The monoisotopic (exact) mass is 439 g/mol. The highest BCUT2D eigenvalue weighted by Crippen LogP contribution is 2.43. The van der Waals surface area contributed by atoms with Crippen LogP contribution in [0.4, 0.5) is 5.69 Å². The van der Waals surface area contributed by atoms with E-state index in [1.807, 2.05) is 78.2 Å². The molecule has 1 aromatic heterocycles. The topological polar surface area (TPSA) is 57.6 Å². The predicted octanol–water partition coefficient (Wildman–Crippen LogP) is 6.09. The zero-order valence-corrected chi connectivity index (χ0v) is 18.3. The standard InChI is InChI=1S/C27H21NO3S/c1-2-17-9-13-21(14-10-17)28-24(22-8-5-15-32-22)23(26(30)27(28)31)25(29)20-12-11-18-6-3-4-7-19(18)16-20/h3-16,24,29H,2H2,1H3/b25-23-. The summed E-state index contributed by atoms with van der Waals surface area (Å²) in [7, 11) is 0. The third-order valence-electron chi connectivity index (χ3n) is 5.90. The van der Waals surface area contributed by atoms with E-state index in [1.54, 1.807) is 6.07 Å². The molecule has 1 unspecified atom stereocenters. The first-order valence-electron chi connectivity index (χ1n) is 10.5. The molecule has 1 N–H and O–H groups in total. The molecule has 5 heteroatoms. The van der Waals surface area contributed by atoms with Crippen LogP contribution in [0.1, 0.15) is 29.0 Å². The summed E-state index contributed by atoms with van der Waals surface area (Å²) >= 11 is 1.46. The Balaban J connectivity index is 1.68. The van der Waals surface area contributed by atoms with Gasteiger partial charge in [0.15, 0.2) is 0 Å². The van der Waals surface area contributed by atoms with Crippen molar-refractivity contribution < 1.29 is 14.7 Å². The first-order valence-corrected chi connectivity index (χ1v) is 11.4. The number of anilines is 1. The van der Waals surface area contributed by atoms with Crippen LogP contribution in [0.5, 0.6) is 0 Å². The van der Waals surface area contributed by atoms with Gasteiger partial charge in [-0.1, -0.05) is 61.5 Å². The molecule has 1 atom stereocenters. The van der Waals surface area contributed by atoms with Gasteiger partial charge in [0.25, 0.3) is 11.7 Å². The minimum absolute atomic E-state index is 0.118. The molecule has 1 saturated heterocycles. The van der Waals surface area contributed by atoms with Gasteiger partial charge in [-0.25, -0.2) is 0 Å². The second-order valence-corrected chi connectivity index (χ2v) is 8.75. The highest BCUT2D eigenvalue weighted by molar-refractivity contribution is 7.10. The van der Waals surface area contributed by atoms with Crippen molar-refractivity contribution in [1.82, 2.24) is 0 Å². The van der Waals surface area contributed by atoms with Crippen molar-refractivity contribution in [3.05, 3.63) is 106 Å². The molecular formula is C27H21NO3S. The van der Waals surface area contributed by atoms with Crippen LogP contribution in [0.2, 0.25) is 0 Å². The number of aliphatic hydroxyl groups is 1. The van der Waals surface area contributed by atoms with Gasteiger partial charge in [-0.05, 0) is 52.4 Å². The number of benzene rings is 3.